The summed E-state index contributed by atoms with van der Waals surface area (Å²) in [7, 11) is 0. The molecule has 1 heteroatoms. The monoisotopic (exact) mass is 302 g/mol. The maximum atomic E-state index is 2.39. The Morgan fingerprint density at radius 3 is 2.14 bits per heavy atom. The van der Waals surface area contributed by atoms with Gasteiger partial charge in [-0.3, -0.25) is 0 Å². The van der Waals surface area contributed by atoms with Crippen LogP contribution in [0.15, 0.2) is 18.2 Å². The summed E-state index contributed by atoms with van der Waals surface area (Å²) >= 11 is 2.39. The fourth-order valence-electron chi connectivity index (χ4n) is 1.68. The van der Waals surface area contributed by atoms with Crippen LogP contribution in [0.2, 0.25) is 0 Å². The Labute approximate surface area is 101 Å². The van der Waals surface area contributed by atoms with Crippen molar-refractivity contribution in [3.05, 3.63) is 32.9 Å². The highest BCUT2D eigenvalue weighted by Gasteiger charge is 2.19. The third-order valence-corrected chi connectivity index (χ3v) is 3.12. The fraction of sp³-hybridized carbons (Fsp3) is 0.538. The molecule has 0 radical (unpaired) electrons. The summed E-state index contributed by atoms with van der Waals surface area (Å²) in [6, 6.07) is 6.79. The predicted molar refractivity (Wildman–Crippen MR) is 71.9 cm³/mol. The van der Waals surface area contributed by atoms with Gasteiger partial charge in [-0.15, -0.1) is 0 Å². The maximum absolute atomic E-state index is 2.39. The molecule has 78 valence electrons. The maximum Gasteiger partial charge on any atom is 0.0133 e. The van der Waals surface area contributed by atoms with Crippen LogP contribution in [-0.2, 0) is 5.41 Å². The minimum Gasteiger partial charge on any atom is -0.0587 e. The average molecular weight is 302 g/mol. The molecule has 1 aromatic carbocycles. The van der Waals surface area contributed by atoms with E-state index in [9.17, 15) is 0 Å². The van der Waals surface area contributed by atoms with Gasteiger partial charge in [-0.1, -0.05) is 40.7 Å². The van der Waals surface area contributed by atoms with Gasteiger partial charge in [-0.05, 0) is 57.2 Å². The normalized spacial score (nSPS) is 12.2. The summed E-state index contributed by atoms with van der Waals surface area (Å²) in [6.07, 6.45) is 0. The van der Waals surface area contributed by atoms with Crippen LogP contribution in [0.3, 0.4) is 0 Å². The van der Waals surface area contributed by atoms with Crippen LogP contribution in [0.4, 0.5) is 0 Å². The smallest absolute Gasteiger partial charge is 0.0133 e. The van der Waals surface area contributed by atoms with E-state index in [0.717, 1.165) is 0 Å². The molecule has 0 atom stereocenters. The molecule has 0 spiro atoms. The van der Waals surface area contributed by atoms with Crippen LogP contribution in [0.1, 0.15) is 51.7 Å². The summed E-state index contributed by atoms with van der Waals surface area (Å²) in [4.78, 5) is 0. The number of halogens is 1. The standard InChI is InChI=1S/C13H19I/c1-9(2)11-7-6-10(14)8-12(11)13(3,4)5/h6-9H,1-5H3. The zero-order chi connectivity index (χ0) is 10.9. The van der Waals surface area contributed by atoms with Gasteiger partial charge in [0.25, 0.3) is 0 Å². The second kappa shape index (κ2) is 4.21. The number of benzene rings is 1. The lowest BCUT2D eigenvalue weighted by Crippen LogP contribution is -2.15. The van der Waals surface area contributed by atoms with Gasteiger partial charge in [-0.2, -0.15) is 0 Å². The van der Waals surface area contributed by atoms with E-state index < -0.39 is 0 Å². The number of rotatable bonds is 1. The Balaban J connectivity index is 3.30. The molecule has 0 saturated carbocycles. The largest absolute Gasteiger partial charge is 0.0587 e. The zero-order valence-corrected chi connectivity index (χ0v) is 11.8. The molecular formula is C13H19I. The lowest BCUT2D eigenvalue weighted by molar-refractivity contribution is 0.576. The van der Waals surface area contributed by atoms with Gasteiger partial charge in [0.1, 0.15) is 0 Å². The molecule has 0 aliphatic rings. The van der Waals surface area contributed by atoms with Crippen LogP contribution in [-0.4, -0.2) is 0 Å². The van der Waals surface area contributed by atoms with E-state index in [1.165, 1.54) is 14.7 Å². The Morgan fingerprint density at radius 1 is 1.14 bits per heavy atom. The van der Waals surface area contributed by atoms with Gasteiger partial charge in [-0.25, -0.2) is 0 Å². The third kappa shape index (κ3) is 2.72. The van der Waals surface area contributed by atoms with Gasteiger partial charge >= 0.3 is 0 Å². The molecule has 0 aromatic heterocycles. The van der Waals surface area contributed by atoms with Gasteiger partial charge in [0, 0.05) is 3.57 Å². The number of hydrogen-bond donors (Lipinski definition) is 0. The van der Waals surface area contributed by atoms with Crippen molar-refractivity contribution in [3.63, 3.8) is 0 Å². The first kappa shape index (κ1) is 12.0. The van der Waals surface area contributed by atoms with E-state index in [-0.39, 0.29) is 5.41 Å². The SMILES string of the molecule is CC(C)c1ccc(I)cc1C(C)(C)C. The lowest BCUT2D eigenvalue weighted by atomic mass is 9.81. The summed E-state index contributed by atoms with van der Waals surface area (Å²) in [5.41, 5.74) is 3.22. The van der Waals surface area contributed by atoms with Crippen molar-refractivity contribution in [2.24, 2.45) is 0 Å². The molecule has 1 aromatic rings. The Bertz CT molecular complexity index is 318. The van der Waals surface area contributed by atoms with Crippen LogP contribution in [0.5, 0.6) is 0 Å². The van der Waals surface area contributed by atoms with E-state index >= 15 is 0 Å². The highest BCUT2D eigenvalue weighted by molar-refractivity contribution is 14.1. The van der Waals surface area contributed by atoms with E-state index in [2.05, 4.69) is 75.4 Å². The highest BCUT2D eigenvalue weighted by atomic mass is 127. The molecular weight excluding hydrogens is 283 g/mol. The van der Waals surface area contributed by atoms with Crippen LogP contribution in [0.25, 0.3) is 0 Å². The van der Waals surface area contributed by atoms with Gasteiger partial charge in [0.15, 0.2) is 0 Å². The molecule has 0 aliphatic carbocycles. The summed E-state index contributed by atoms with van der Waals surface area (Å²) < 4.78 is 1.33. The fourth-order valence-corrected chi connectivity index (χ4v) is 2.17. The second-order valence-corrected chi connectivity index (χ2v) is 6.38. The van der Waals surface area contributed by atoms with Gasteiger partial charge < -0.3 is 0 Å². The summed E-state index contributed by atoms with van der Waals surface area (Å²) in [6.45, 7) is 11.4. The molecule has 0 fully saturated rings. The average Bonchev–Trinajstić information content (AvgIpc) is 2.01. The molecule has 0 aliphatic heterocycles. The zero-order valence-electron chi connectivity index (χ0n) is 9.69. The van der Waals surface area contributed by atoms with Crippen LogP contribution in [0, 0.1) is 3.57 Å². The Kier molecular flexibility index (Phi) is 3.62. The summed E-state index contributed by atoms with van der Waals surface area (Å²) in [5, 5.41) is 0. The van der Waals surface area contributed by atoms with Crippen LogP contribution < -0.4 is 0 Å². The predicted octanol–water partition coefficient (Wildman–Crippen LogP) is 4.71. The van der Waals surface area contributed by atoms with Crippen LogP contribution >= 0.6 is 22.6 Å². The number of hydrogen-bond acceptors (Lipinski definition) is 0. The quantitative estimate of drug-likeness (QED) is 0.659. The lowest BCUT2D eigenvalue weighted by Gasteiger charge is -2.25. The highest BCUT2D eigenvalue weighted by Crippen LogP contribution is 2.31. The molecule has 0 saturated heterocycles. The van der Waals surface area contributed by atoms with Crippen molar-refractivity contribution in [3.8, 4) is 0 Å². The first-order valence-electron chi connectivity index (χ1n) is 5.12. The van der Waals surface area contributed by atoms with Gasteiger partial charge in [0.2, 0.25) is 0 Å². The Hall–Kier alpha value is -0.0500. The minimum absolute atomic E-state index is 0.251. The first-order valence-corrected chi connectivity index (χ1v) is 6.20. The molecule has 0 amide bonds. The molecule has 0 nitrogen and oxygen atoms in total. The van der Waals surface area contributed by atoms with E-state index in [4.69, 9.17) is 0 Å². The van der Waals surface area contributed by atoms with E-state index in [1.807, 2.05) is 0 Å². The van der Waals surface area contributed by atoms with Crippen molar-refractivity contribution in [2.75, 3.05) is 0 Å². The van der Waals surface area contributed by atoms with Gasteiger partial charge in [0.05, 0.1) is 0 Å². The van der Waals surface area contributed by atoms with Crippen molar-refractivity contribution in [1.29, 1.82) is 0 Å². The molecule has 1 rings (SSSR count). The topological polar surface area (TPSA) is 0 Å². The molecule has 0 unspecified atom stereocenters. The molecule has 14 heavy (non-hydrogen) atoms. The Morgan fingerprint density at radius 2 is 1.71 bits per heavy atom. The van der Waals surface area contributed by atoms with Crippen molar-refractivity contribution >= 4 is 22.6 Å². The second-order valence-electron chi connectivity index (χ2n) is 5.14. The molecule has 0 heterocycles. The van der Waals surface area contributed by atoms with E-state index in [1.54, 1.807) is 0 Å². The van der Waals surface area contributed by atoms with Crippen molar-refractivity contribution < 1.29 is 0 Å². The van der Waals surface area contributed by atoms with E-state index in [0.29, 0.717) is 5.92 Å². The van der Waals surface area contributed by atoms with Crippen molar-refractivity contribution in [2.45, 2.75) is 46.0 Å². The molecule has 0 N–H and O–H groups in total. The first-order chi connectivity index (χ1) is 6.32. The molecule has 0 bridgehead atoms. The van der Waals surface area contributed by atoms with Crippen molar-refractivity contribution in [1.82, 2.24) is 0 Å². The third-order valence-electron chi connectivity index (χ3n) is 2.45. The summed E-state index contributed by atoms with van der Waals surface area (Å²) in [5.74, 6) is 0.612. The minimum atomic E-state index is 0.251.